The van der Waals surface area contributed by atoms with Crippen LogP contribution in [0.5, 0.6) is 11.6 Å². The number of halogens is 1. The van der Waals surface area contributed by atoms with Gasteiger partial charge in [0.05, 0.1) is 24.5 Å². The molecule has 4 aromatic heterocycles. The topological polar surface area (TPSA) is 155 Å². The van der Waals surface area contributed by atoms with E-state index in [2.05, 4.69) is 30.1 Å². The molecule has 14 heteroatoms. The van der Waals surface area contributed by atoms with Gasteiger partial charge in [0.25, 0.3) is 0 Å². The number of rotatable bonds is 9. The Labute approximate surface area is 211 Å². The largest absolute Gasteiger partial charge is 0.494 e. The first-order valence-corrected chi connectivity index (χ1v) is 12.6. The van der Waals surface area contributed by atoms with Crippen LogP contribution < -0.4 is 9.47 Å². The summed E-state index contributed by atoms with van der Waals surface area (Å²) in [6.45, 7) is 1.37. The normalized spacial score (nSPS) is 13.2. The lowest BCUT2D eigenvalue weighted by Gasteiger charge is -2.19. The van der Waals surface area contributed by atoms with Crippen molar-refractivity contribution in [2.45, 2.75) is 24.0 Å². The van der Waals surface area contributed by atoms with Crippen molar-refractivity contribution < 1.29 is 23.0 Å². The predicted octanol–water partition coefficient (Wildman–Crippen LogP) is 2.22. The molecule has 0 amide bonds. The lowest BCUT2D eigenvalue weighted by atomic mass is 10.2. The van der Waals surface area contributed by atoms with Gasteiger partial charge in [0, 0.05) is 42.6 Å². The summed E-state index contributed by atoms with van der Waals surface area (Å²) in [7, 11) is -1.12. The number of nitrogens with zero attached hydrogens (tertiary/aromatic N) is 7. The maximum atomic E-state index is 13.4. The summed E-state index contributed by atoms with van der Waals surface area (Å²) in [5.41, 5.74) is 0.884. The Morgan fingerprint density at radius 2 is 1.81 bits per heavy atom. The van der Waals surface area contributed by atoms with Crippen molar-refractivity contribution >= 4 is 21.4 Å². The molecule has 0 spiro atoms. The van der Waals surface area contributed by atoms with Crippen molar-refractivity contribution in [3.63, 3.8) is 0 Å². The first-order valence-electron chi connectivity index (χ1n) is 10.6. The van der Waals surface area contributed by atoms with Crippen molar-refractivity contribution in [1.29, 1.82) is 0 Å². The zero-order valence-electron chi connectivity index (χ0n) is 19.5. The summed E-state index contributed by atoms with van der Waals surface area (Å²) in [6, 6.07) is 5.08. The molecule has 0 fully saturated rings. The van der Waals surface area contributed by atoms with Crippen molar-refractivity contribution in [2.75, 3.05) is 14.2 Å². The number of aromatic nitrogens is 7. The highest BCUT2D eigenvalue weighted by molar-refractivity contribution is 7.91. The Hall–Kier alpha value is -3.68. The summed E-state index contributed by atoms with van der Waals surface area (Å²) in [5.74, 6) is 0.228. The molecular weight excluding hydrogens is 510 g/mol. The molecule has 0 saturated heterocycles. The third kappa shape index (κ3) is 4.98. The highest BCUT2D eigenvalue weighted by Crippen LogP contribution is 2.35. The Bertz CT molecular complexity index is 1430. The van der Waals surface area contributed by atoms with Crippen molar-refractivity contribution in [3.8, 4) is 28.7 Å². The van der Waals surface area contributed by atoms with Crippen LogP contribution in [0.4, 0.5) is 0 Å². The van der Waals surface area contributed by atoms with Gasteiger partial charge in [0.2, 0.25) is 5.88 Å². The number of hydrogen-bond donors (Lipinski definition) is 1. The van der Waals surface area contributed by atoms with Gasteiger partial charge in [-0.1, -0.05) is 11.6 Å². The molecule has 0 saturated carbocycles. The molecule has 0 aliphatic rings. The lowest BCUT2D eigenvalue weighted by molar-refractivity contribution is 0.166. The third-order valence-corrected chi connectivity index (χ3v) is 7.63. The van der Waals surface area contributed by atoms with E-state index in [1.165, 1.54) is 44.3 Å². The van der Waals surface area contributed by atoms with Crippen LogP contribution >= 0.6 is 11.6 Å². The molecule has 36 heavy (non-hydrogen) atoms. The van der Waals surface area contributed by atoms with Crippen LogP contribution in [-0.2, 0) is 15.6 Å². The molecule has 0 radical (unpaired) electrons. The van der Waals surface area contributed by atoms with E-state index in [4.69, 9.17) is 21.1 Å². The number of ether oxygens (including phenoxy) is 2. The number of sulfone groups is 1. The van der Waals surface area contributed by atoms with Gasteiger partial charge in [-0.3, -0.25) is 9.55 Å². The minimum Gasteiger partial charge on any atom is -0.494 e. The molecule has 2 atom stereocenters. The van der Waals surface area contributed by atoms with Crippen LogP contribution in [0.25, 0.3) is 17.1 Å². The van der Waals surface area contributed by atoms with Gasteiger partial charge >= 0.3 is 0 Å². The van der Waals surface area contributed by atoms with Gasteiger partial charge in [0.15, 0.2) is 33.0 Å². The standard InChI is InChI=1S/C22H22ClN7O5S/c1-13(19(31)20-26-10-15(23)11-27-20)36(32,33)12-17-28-29-21(14-5-4-7-24-9-14)30(17)18-16(34-2)6-8-25-22(18)35-3/h4-11,13,19,31H,12H2,1-3H3/t13-,19-/m1/s1. The molecule has 0 bridgehead atoms. The maximum absolute atomic E-state index is 13.4. The second-order valence-corrected chi connectivity index (χ2v) is 10.4. The summed E-state index contributed by atoms with van der Waals surface area (Å²) >= 11 is 5.80. The van der Waals surface area contributed by atoms with E-state index in [9.17, 15) is 13.5 Å². The second-order valence-electron chi connectivity index (χ2n) is 7.60. The first-order chi connectivity index (χ1) is 17.3. The van der Waals surface area contributed by atoms with Crippen molar-refractivity contribution in [2.24, 2.45) is 0 Å². The molecule has 4 heterocycles. The van der Waals surface area contributed by atoms with E-state index in [0.717, 1.165) is 0 Å². The number of aliphatic hydroxyl groups is 1. The minimum atomic E-state index is -4.01. The first kappa shape index (κ1) is 25.4. The zero-order valence-corrected chi connectivity index (χ0v) is 21.0. The fourth-order valence-electron chi connectivity index (χ4n) is 3.46. The summed E-state index contributed by atoms with van der Waals surface area (Å²) < 4.78 is 39.3. The Morgan fingerprint density at radius 3 is 2.44 bits per heavy atom. The van der Waals surface area contributed by atoms with Crippen LogP contribution in [0.2, 0.25) is 5.02 Å². The molecule has 1 N–H and O–H groups in total. The van der Waals surface area contributed by atoms with E-state index in [0.29, 0.717) is 22.8 Å². The van der Waals surface area contributed by atoms with Gasteiger partial charge in [-0.05, 0) is 19.1 Å². The van der Waals surface area contributed by atoms with Crippen LogP contribution in [0, 0.1) is 0 Å². The van der Waals surface area contributed by atoms with Crippen LogP contribution in [0.15, 0.2) is 49.2 Å². The van der Waals surface area contributed by atoms with Crippen molar-refractivity contribution in [1.82, 2.24) is 34.7 Å². The van der Waals surface area contributed by atoms with Crippen LogP contribution in [-0.4, -0.2) is 67.7 Å². The molecule has 188 valence electrons. The average Bonchev–Trinajstić information content (AvgIpc) is 3.30. The predicted molar refractivity (Wildman–Crippen MR) is 130 cm³/mol. The highest BCUT2D eigenvalue weighted by Gasteiger charge is 2.34. The fourth-order valence-corrected chi connectivity index (χ4v) is 4.88. The van der Waals surface area contributed by atoms with E-state index in [-0.39, 0.29) is 22.6 Å². The maximum Gasteiger partial charge on any atom is 0.242 e. The van der Waals surface area contributed by atoms with Crippen molar-refractivity contribution in [3.05, 3.63) is 65.9 Å². The van der Waals surface area contributed by atoms with Crippen LogP contribution in [0.1, 0.15) is 24.7 Å². The molecular formula is C22H22ClN7O5S. The van der Waals surface area contributed by atoms with Gasteiger partial charge in [-0.2, -0.15) is 0 Å². The quantitative estimate of drug-likeness (QED) is 0.338. The summed E-state index contributed by atoms with van der Waals surface area (Å²) in [4.78, 5) is 16.2. The molecule has 0 aliphatic heterocycles. The Morgan fingerprint density at radius 1 is 1.06 bits per heavy atom. The monoisotopic (exact) mass is 531 g/mol. The van der Waals surface area contributed by atoms with Gasteiger partial charge < -0.3 is 14.6 Å². The van der Waals surface area contributed by atoms with E-state index >= 15 is 0 Å². The molecule has 0 aromatic carbocycles. The van der Waals surface area contributed by atoms with Gasteiger partial charge in [0.1, 0.15) is 17.6 Å². The Balaban J connectivity index is 1.81. The molecule has 0 aliphatic carbocycles. The molecule has 0 unspecified atom stereocenters. The molecule has 12 nitrogen and oxygen atoms in total. The van der Waals surface area contributed by atoms with Crippen LogP contribution in [0.3, 0.4) is 0 Å². The lowest BCUT2D eigenvalue weighted by Crippen LogP contribution is -2.29. The van der Waals surface area contributed by atoms with Gasteiger partial charge in [-0.15, -0.1) is 10.2 Å². The average molecular weight is 532 g/mol. The van der Waals surface area contributed by atoms with E-state index in [1.807, 2.05) is 0 Å². The second kappa shape index (κ2) is 10.5. The third-order valence-electron chi connectivity index (χ3n) is 5.39. The fraction of sp³-hybridized carbons (Fsp3) is 0.273. The van der Waals surface area contributed by atoms with Gasteiger partial charge in [-0.25, -0.2) is 23.4 Å². The molecule has 4 rings (SSSR count). The smallest absolute Gasteiger partial charge is 0.242 e. The summed E-state index contributed by atoms with van der Waals surface area (Å²) in [6.07, 6.45) is 5.73. The van der Waals surface area contributed by atoms with E-state index in [1.54, 1.807) is 30.6 Å². The number of pyridine rings is 2. The molecule has 4 aromatic rings. The summed E-state index contributed by atoms with van der Waals surface area (Å²) in [5, 5.41) is 18.1. The van der Waals surface area contributed by atoms with E-state index < -0.39 is 26.9 Å². The number of methoxy groups -OCH3 is 2. The number of hydrogen-bond acceptors (Lipinski definition) is 11. The Kier molecular flexibility index (Phi) is 7.43. The highest BCUT2D eigenvalue weighted by atomic mass is 35.5. The zero-order chi connectivity index (χ0) is 25.9. The SMILES string of the molecule is COc1ccnc(OC)c1-n1c(CS(=O)(=O)[C@H](C)[C@@H](O)c2ncc(Cl)cn2)nnc1-c1cccnc1. The minimum absolute atomic E-state index is 0.0505. The number of aliphatic hydroxyl groups excluding tert-OH is 1.